The summed E-state index contributed by atoms with van der Waals surface area (Å²) in [6.45, 7) is 6.82. The maximum Gasteiger partial charge on any atom is 0.224 e. The van der Waals surface area contributed by atoms with Gasteiger partial charge in [-0.1, -0.05) is 26.7 Å². The predicted octanol–water partition coefficient (Wildman–Crippen LogP) is 2.44. The number of amides is 1. The van der Waals surface area contributed by atoms with Crippen molar-refractivity contribution in [1.82, 2.24) is 10.2 Å². The van der Waals surface area contributed by atoms with Crippen LogP contribution >= 0.6 is 24.8 Å². The molecule has 4 atom stereocenters. The van der Waals surface area contributed by atoms with Crippen LogP contribution in [0.5, 0.6) is 0 Å². The summed E-state index contributed by atoms with van der Waals surface area (Å²) in [6, 6.07) is -0.0967. The minimum atomic E-state index is -0.125. The second-order valence-electron chi connectivity index (χ2n) is 6.69. The van der Waals surface area contributed by atoms with Gasteiger partial charge in [0.15, 0.2) is 0 Å². The van der Waals surface area contributed by atoms with Crippen molar-refractivity contribution in [2.24, 2.45) is 17.6 Å². The maximum absolute atomic E-state index is 12.1. The van der Waals surface area contributed by atoms with Crippen LogP contribution in [0.2, 0.25) is 0 Å². The lowest BCUT2D eigenvalue weighted by Crippen LogP contribution is -2.56. The molecule has 1 fully saturated rings. The summed E-state index contributed by atoms with van der Waals surface area (Å²) >= 11 is 0. The summed E-state index contributed by atoms with van der Waals surface area (Å²) in [4.78, 5) is 14.4. The molecule has 0 bridgehead atoms. The molecular formula is C15H33Cl2N3O. The highest BCUT2D eigenvalue weighted by atomic mass is 35.5. The molecule has 0 heterocycles. The number of carbonyl (C=O) groups excluding carboxylic acids is 1. The van der Waals surface area contributed by atoms with E-state index in [0.29, 0.717) is 0 Å². The molecule has 4 unspecified atom stereocenters. The predicted molar refractivity (Wildman–Crippen MR) is 94.4 cm³/mol. The Morgan fingerprint density at radius 2 is 1.95 bits per heavy atom. The number of hydrogen-bond donors (Lipinski definition) is 2. The van der Waals surface area contributed by atoms with Gasteiger partial charge in [-0.15, -0.1) is 24.8 Å². The zero-order valence-corrected chi connectivity index (χ0v) is 15.6. The summed E-state index contributed by atoms with van der Waals surface area (Å²) in [5, 5.41) is 3.12. The molecule has 0 saturated heterocycles. The zero-order valence-electron chi connectivity index (χ0n) is 14.0. The summed E-state index contributed by atoms with van der Waals surface area (Å²) in [7, 11) is 4.25. The largest absolute Gasteiger partial charge is 0.354 e. The van der Waals surface area contributed by atoms with Crippen LogP contribution in [0.3, 0.4) is 0 Å². The third-order valence-electron chi connectivity index (χ3n) is 4.81. The van der Waals surface area contributed by atoms with Crippen LogP contribution in [0, 0.1) is 11.8 Å². The first kappa shape index (κ1) is 23.2. The fourth-order valence-electron chi connectivity index (χ4n) is 3.01. The average Bonchev–Trinajstić information content (AvgIpc) is 2.34. The lowest BCUT2D eigenvalue weighted by Gasteiger charge is -2.45. The number of nitrogens with one attached hydrogen (secondary N) is 1. The highest BCUT2D eigenvalue weighted by Gasteiger charge is 2.37. The number of carbonyl (C=O) groups is 1. The van der Waals surface area contributed by atoms with E-state index in [-0.39, 0.29) is 48.2 Å². The van der Waals surface area contributed by atoms with E-state index in [1.165, 1.54) is 12.8 Å². The fraction of sp³-hybridized carbons (Fsp3) is 0.933. The summed E-state index contributed by atoms with van der Waals surface area (Å²) in [5.41, 5.74) is 5.91. The smallest absolute Gasteiger partial charge is 0.224 e. The highest BCUT2D eigenvalue weighted by Crippen LogP contribution is 2.35. The Morgan fingerprint density at radius 3 is 2.38 bits per heavy atom. The second-order valence-corrected chi connectivity index (χ2v) is 6.69. The molecule has 21 heavy (non-hydrogen) atoms. The van der Waals surface area contributed by atoms with E-state index in [9.17, 15) is 4.79 Å². The van der Waals surface area contributed by atoms with Gasteiger partial charge in [0.25, 0.3) is 0 Å². The van der Waals surface area contributed by atoms with Crippen LogP contribution in [0.1, 0.15) is 46.5 Å². The van der Waals surface area contributed by atoms with Gasteiger partial charge in [0, 0.05) is 24.0 Å². The van der Waals surface area contributed by atoms with Crippen LogP contribution in [0.15, 0.2) is 0 Å². The Morgan fingerprint density at radius 1 is 1.38 bits per heavy atom. The van der Waals surface area contributed by atoms with E-state index in [0.717, 1.165) is 25.3 Å². The lowest BCUT2D eigenvalue weighted by molar-refractivity contribution is -0.125. The third-order valence-corrected chi connectivity index (χ3v) is 4.81. The van der Waals surface area contributed by atoms with Crippen molar-refractivity contribution >= 4 is 30.7 Å². The topological polar surface area (TPSA) is 58.4 Å². The third kappa shape index (κ3) is 6.31. The molecular weight excluding hydrogens is 309 g/mol. The molecule has 0 aliphatic heterocycles. The molecule has 128 valence electrons. The second kappa shape index (κ2) is 9.88. The van der Waals surface area contributed by atoms with Gasteiger partial charge in [-0.25, -0.2) is 0 Å². The number of likely N-dealkylation sites (N-methyl/N-ethyl adjacent to an activating group) is 1. The van der Waals surface area contributed by atoms with E-state index < -0.39 is 0 Å². The van der Waals surface area contributed by atoms with E-state index in [4.69, 9.17) is 5.73 Å². The average molecular weight is 342 g/mol. The van der Waals surface area contributed by atoms with E-state index in [2.05, 4.69) is 31.2 Å². The quantitative estimate of drug-likeness (QED) is 0.807. The van der Waals surface area contributed by atoms with Crippen LogP contribution < -0.4 is 11.1 Å². The van der Waals surface area contributed by atoms with E-state index in [1.807, 2.05) is 13.8 Å². The molecule has 6 heteroatoms. The SMILES string of the molecule is CC1CCCC(CNC(=O)C(C)C(C)N)(N(C)C)C1.Cl.Cl. The summed E-state index contributed by atoms with van der Waals surface area (Å²) in [6.07, 6.45) is 4.88. The van der Waals surface area contributed by atoms with Gasteiger partial charge < -0.3 is 16.0 Å². The van der Waals surface area contributed by atoms with Crippen molar-refractivity contribution in [2.45, 2.75) is 58.0 Å². The Balaban J connectivity index is 0. The molecule has 1 aliphatic rings. The molecule has 3 N–H and O–H groups in total. The molecule has 1 saturated carbocycles. The zero-order chi connectivity index (χ0) is 14.6. The minimum Gasteiger partial charge on any atom is -0.354 e. The maximum atomic E-state index is 12.1. The summed E-state index contributed by atoms with van der Waals surface area (Å²) in [5.74, 6) is 0.689. The molecule has 0 radical (unpaired) electrons. The van der Waals surface area contributed by atoms with Crippen molar-refractivity contribution in [3.8, 4) is 0 Å². The van der Waals surface area contributed by atoms with Gasteiger partial charge >= 0.3 is 0 Å². The first-order chi connectivity index (χ1) is 8.78. The highest BCUT2D eigenvalue weighted by molar-refractivity contribution is 5.85. The van der Waals surface area contributed by atoms with E-state index >= 15 is 0 Å². The molecule has 4 nitrogen and oxygen atoms in total. The Kier molecular flexibility index (Phi) is 10.9. The van der Waals surface area contributed by atoms with Crippen LogP contribution in [-0.4, -0.2) is 43.0 Å². The van der Waals surface area contributed by atoms with Crippen LogP contribution in [0.25, 0.3) is 0 Å². The van der Waals surface area contributed by atoms with Crippen molar-refractivity contribution in [2.75, 3.05) is 20.6 Å². The molecule has 1 rings (SSSR count). The first-order valence-electron chi connectivity index (χ1n) is 7.49. The van der Waals surface area contributed by atoms with Gasteiger partial charge in [0.05, 0.1) is 0 Å². The Labute approximate surface area is 142 Å². The van der Waals surface area contributed by atoms with Crippen LogP contribution in [-0.2, 0) is 4.79 Å². The van der Waals surface area contributed by atoms with Crippen LogP contribution in [0.4, 0.5) is 0 Å². The lowest BCUT2D eigenvalue weighted by atomic mass is 9.75. The minimum absolute atomic E-state index is 0. The van der Waals surface area contributed by atoms with Crippen molar-refractivity contribution in [1.29, 1.82) is 0 Å². The summed E-state index contributed by atoms with van der Waals surface area (Å²) < 4.78 is 0. The Hall–Kier alpha value is -0.0300. The normalized spacial score (nSPS) is 28.0. The number of nitrogens with zero attached hydrogens (tertiary/aromatic N) is 1. The van der Waals surface area contributed by atoms with Crippen molar-refractivity contribution in [3.05, 3.63) is 0 Å². The number of rotatable bonds is 5. The van der Waals surface area contributed by atoms with Crippen molar-refractivity contribution in [3.63, 3.8) is 0 Å². The molecule has 0 aromatic heterocycles. The fourth-order valence-corrected chi connectivity index (χ4v) is 3.01. The molecule has 1 amide bonds. The standard InChI is InChI=1S/C15H31N3O.2ClH/c1-11-7-6-8-15(9-11,18(4)5)10-17-14(19)12(2)13(3)16;;/h11-13H,6-10,16H2,1-5H3,(H,17,19);2*1H. The number of hydrogen-bond acceptors (Lipinski definition) is 3. The van der Waals surface area contributed by atoms with Crippen molar-refractivity contribution < 1.29 is 4.79 Å². The Bertz CT molecular complexity index is 313. The van der Waals surface area contributed by atoms with E-state index in [1.54, 1.807) is 0 Å². The molecule has 0 aromatic carbocycles. The molecule has 0 spiro atoms. The number of halogens is 2. The first-order valence-corrected chi connectivity index (χ1v) is 7.49. The number of nitrogens with two attached hydrogens (primary N) is 1. The molecule has 0 aromatic rings. The van der Waals surface area contributed by atoms with Gasteiger partial charge in [-0.2, -0.15) is 0 Å². The van der Waals surface area contributed by atoms with Gasteiger partial charge in [-0.3, -0.25) is 4.79 Å². The monoisotopic (exact) mass is 341 g/mol. The van der Waals surface area contributed by atoms with Gasteiger partial charge in [0.1, 0.15) is 0 Å². The molecule has 1 aliphatic carbocycles. The van der Waals surface area contributed by atoms with Gasteiger partial charge in [-0.05, 0) is 39.8 Å². The van der Waals surface area contributed by atoms with Gasteiger partial charge in [0.2, 0.25) is 5.91 Å².